The lowest BCUT2D eigenvalue weighted by molar-refractivity contribution is -0.116. The Labute approximate surface area is 112 Å². The summed E-state index contributed by atoms with van der Waals surface area (Å²) in [4.78, 5) is 11.7. The Balaban J connectivity index is 2.33. The van der Waals surface area contributed by atoms with Crippen LogP contribution in [0.3, 0.4) is 0 Å². The van der Waals surface area contributed by atoms with E-state index < -0.39 is 15.6 Å². The number of aryl methyl sites for hydroxylation is 1. The van der Waals surface area contributed by atoms with Gasteiger partial charge in [-0.2, -0.15) is 5.10 Å². The fourth-order valence-corrected chi connectivity index (χ4v) is 2.78. The third-order valence-electron chi connectivity index (χ3n) is 2.82. The van der Waals surface area contributed by atoms with Gasteiger partial charge in [-0.25, -0.2) is 8.42 Å². The van der Waals surface area contributed by atoms with Crippen LogP contribution < -0.4 is 0 Å². The van der Waals surface area contributed by atoms with E-state index in [1.54, 1.807) is 0 Å². The Kier molecular flexibility index (Phi) is 3.71. The zero-order valence-corrected chi connectivity index (χ0v) is 11.8. The molecule has 2 aromatic rings. The van der Waals surface area contributed by atoms with Crippen LogP contribution in [-0.4, -0.2) is 36.0 Å². The van der Waals surface area contributed by atoms with Crippen molar-refractivity contribution in [3.05, 3.63) is 30.0 Å². The van der Waals surface area contributed by atoms with Gasteiger partial charge in [0.1, 0.15) is 5.75 Å². The van der Waals surface area contributed by atoms with Crippen molar-refractivity contribution in [2.75, 3.05) is 12.0 Å². The van der Waals surface area contributed by atoms with Gasteiger partial charge in [0.05, 0.1) is 17.6 Å². The van der Waals surface area contributed by atoms with E-state index in [-0.39, 0.29) is 12.2 Å². The molecular weight excluding hydrogens is 264 g/mol. The molecule has 6 heteroatoms. The molecule has 1 heterocycles. The zero-order chi connectivity index (χ0) is 14.0. The van der Waals surface area contributed by atoms with Gasteiger partial charge in [0.15, 0.2) is 15.6 Å². The molecule has 0 atom stereocenters. The molecule has 0 saturated carbocycles. The summed E-state index contributed by atoms with van der Waals surface area (Å²) in [5.41, 5.74) is 1.61. The van der Waals surface area contributed by atoms with Crippen molar-refractivity contribution in [2.24, 2.45) is 0 Å². The topological polar surface area (TPSA) is 69.0 Å². The molecule has 0 unspecified atom stereocenters. The number of sulfone groups is 1. The molecule has 0 radical (unpaired) electrons. The molecule has 0 aliphatic heterocycles. The van der Waals surface area contributed by atoms with Gasteiger partial charge in [0, 0.05) is 18.2 Å². The van der Waals surface area contributed by atoms with Gasteiger partial charge in [0.2, 0.25) is 0 Å². The van der Waals surface area contributed by atoms with Gasteiger partial charge in [-0.1, -0.05) is 18.2 Å². The largest absolute Gasteiger partial charge is 0.298 e. The number of benzene rings is 1. The highest BCUT2D eigenvalue weighted by Gasteiger charge is 2.16. The number of carbonyl (C=O) groups is 1. The van der Waals surface area contributed by atoms with Crippen LogP contribution in [0.15, 0.2) is 24.3 Å². The Morgan fingerprint density at radius 1 is 1.32 bits per heavy atom. The number of hydrogen-bond donors (Lipinski definition) is 0. The van der Waals surface area contributed by atoms with Crippen LogP contribution in [0.1, 0.15) is 12.6 Å². The van der Waals surface area contributed by atoms with Crippen molar-refractivity contribution in [1.82, 2.24) is 9.78 Å². The second-order valence-corrected chi connectivity index (χ2v) is 6.71. The van der Waals surface area contributed by atoms with E-state index in [1.165, 1.54) is 0 Å². The minimum atomic E-state index is -3.28. The van der Waals surface area contributed by atoms with Crippen LogP contribution >= 0.6 is 0 Å². The van der Waals surface area contributed by atoms with Gasteiger partial charge in [0.25, 0.3) is 0 Å². The Bertz CT molecular complexity index is 717. The summed E-state index contributed by atoms with van der Waals surface area (Å²) in [6.45, 7) is 2.68. The Morgan fingerprint density at radius 2 is 2.00 bits per heavy atom. The molecule has 2 rings (SSSR count). The zero-order valence-electron chi connectivity index (χ0n) is 11.0. The Morgan fingerprint density at radius 3 is 2.63 bits per heavy atom. The lowest BCUT2D eigenvalue weighted by Crippen LogP contribution is -2.16. The summed E-state index contributed by atoms with van der Waals surface area (Å²) < 4.78 is 24.0. The van der Waals surface area contributed by atoms with E-state index >= 15 is 0 Å². The quantitative estimate of drug-likeness (QED) is 0.825. The molecule has 0 aliphatic carbocycles. The summed E-state index contributed by atoms with van der Waals surface area (Å²) in [5, 5.41) is 5.29. The molecule has 0 amide bonds. The second kappa shape index (κ2) is 5.13. The van der Waals surface area contributed by atoms with E-state index in [0.29, 0.717) is 12.2 Å². The molecule has 5 nitrogen and oxygen atoms in total. The van der Waals surface area contributed by atoms with Gasteiger partial charge >= 0.3 is 0 Å². The van der Waals surface area contributed by atoms with Crippen LogP contribution in [0, 0.1) is 0 Å². The first-order valence-electron chi connectivity index (χ1n) is 6.04. The van der Waals surface area contributed by atoms with Crippen LogP contribution in [0.25, 0.3) is 10.9 Å². The molecular formula is C13H16N2O3S. The third kappa shape index (κ3) is 3.20. The minimum Gasteiger partial charge on any atom is -0.298 e. The van der Waals surface area contributed by atoms with E-state index in [1.807, 2.05) is 35.9 Å². The molecule has 1 aromatic carbocycles. The highest BCUT2D eigenvalue weighted by atomic mass is 32.2. The molecule has 0 bridgehead atoms. The number of aromatic nitrogens is 2. The number of hydrogen-bond acceptors (Lipinski definition) is 4. The molecule has 1 aromatic heterocycles. The molecule has 0 fully saturated rings. The number of nitrogens with zero attached hydrogens (tertiary/aromatic N) is 2. The smallest absolute Gasteiger partial charge is 0.154 e. The molecule has 0 N–H and O–H groups in total. The highest BCUT2D eigenvalue weighted by molar-refractivity contribution is 7.91. The first-order chi connectivity index (χ1) is 8.90. The number of ketones is 1. The van der Waals surface area contributed by atoms with E-state index in [4.69, 9.17) is 0 Å². The monoisotopic (exact) mass is 280 g/mol. The number of fused-ring (bicyclic) bond motifs is 1. The maximum absolute atomic E-state index is 11.7. The predicted molar refractivity (Wildman–Crippen MR) is 73.8 cm³/mol. The van der Waals surface area contributed by atoms with Crippen LogP contribution in [0.4, 0.5) is 0 Å². The molecule has 0 saturated heterocycles. The van der Waals surface area contributed by atoms with Crippen LogP contribution in [-0.2, 0) is 27.6 Å². The van der Waals surface area contributed by atoms with Crippen molar-refractivity contribution in [1.29, 1.82) is 0 Å². The molecule has 102 valence electrons. The summed E-state index contributed by atoms with van der Waals surface area (Å²) >= 11 is 0. The fraction of sp³-hybridized carbons (Fsp3) is 0.385. The van der Waals surface area contributed by atoms with Gasteiger partial charge in [-0.15, -0.1) is 0 Å². The number of para-hydroxylation sites is 1. The van der Waals surface area contributed by atoms with Crippen LogP contribution in [0.2, 0.25) is 0 Å². The van der Waals surface area contributed by atoms with Crippen molar-refractivity contribution >= 4 is 26.5 Å². The fourth-order valence-electron chi connectivity index (χ4n) is 2.10. The third-order valence-corrected chi connectivity index (χ3v) is 3.67. The predicted octanol–water partition coefficient (Wildman–Crippen LogP) is 1.21. The van der Waals surface area contributed by atoms with Crippen LogP contribution in [0.5, 0.6) is 0 Å². The standard InChI is InChI=1S/C13H16N2O3S/c1-3-15-13-7-5-4-6-11(13)12(14-15)8-10(16)9-19(2,17)18/h4-7H,3,8-9H2,1-2H3. The molecule has 0 aliphatic rings. The Hall–Kier alpha value is -1.69. The minimum absolute atomic E-state index is 0.0561. The van der Waals surface area contributed by atoms with Crippen molar-refractivity contribution in [3.8, 4) is 0 Å². The lowest BCUT2D eigenvalue weighted by Gasteiger charge is -1.97. The van der Waals surface area contributed by atoms with Gasteiger partial charge < -0.3 is 0 Å². The average Bonchev–Trinajstić information content (AvgIpc) is 2.65. The normalized spacial score (nSPS) is 11.9. The maximum atomic E-state index is 11.7. The lowest BCUT2D eigenvalue weighted by atomic mass is 10.1. The number of Topliss-reactive ketones (excluding diaryl/α,β-unsaturated/α-hetero) is 1. The molecule has 0 spiro atoms. The van der Waals surface area contributed by atoms with Gasteiger partial charge in [-0.05, 0) is 13.0 Å². The van der Waals surface area contributed by atoms with Gasteiger partial charge in [-0.3, -0.25) is 9.48 Å². The van der Waals surface area contributed by atoms with E-state index in [0.717, 1.165) is 17.2 Å². The highest BCUT2D eigenvalue weighted by Crippen LogP contribution is 2.19. The van der Waals surface area contributed by atoms with Crippen molar-refractivity contribution in [3.63, 3.8) is 0 Å². The SMILES string of the molecule is CCn1nc(CC(=O)CS(C)(=O)=O)c2ccccc21. The van der Waals surface area contributed by atoms with E-state index in [2.05, 4.69) is 5.10 Å². The summed E-state index contributed by atoms with van der Waals surface area (Å²) in [7, 11) is -3.28. The average molecular weight is 280 g/mol. The first kappa shape index (κ1) is 13.7. The molecule has 19 heavy (non-hydrogen) atoms. The van der Waals surface area contributed by atoms with Crippen molar-refractivity contribution in [2.45, 2.75) is 19.9 Å². The van der Waals surface area contributed by atoms with E-state index in [9.17, 15) is 13.2 Å². The first-order valence-corrected chi connectivity index (χ1v) is 8.10. The summed E-state index contributed by atoms with van der Waals surface area (Å²) in [6.07, 6.45) is 1.12. The summed E-state index contributed by atoms with van der Waals surface area (Å²) in [6, 6.07) is 7.64. The van der Waals surface area contributed by atoms with Crippen molar-refractivity contribution < 1.29 is 13.2 Å². The number of carbonyl (C=O) groups excluding carboxylic acids is 1. The number of rotatable bonds is 5. The second-order valence-electron chi connectivity index (χ2n) is 4.57. The summed E-state index contributed by atoms with van der Waals surface area (Å²) in [5.74, 6) is -0.755. The maximum Gasteiger partial charge on any atom is 0.154 e.